The Kier molecular flexibility index (Phi) is 4.34. The summed E-state index contributed by atoms with van der Waals surface area (Å²) in [6.45, 7) is 4.03. The van der Waals surface area contributed by atoms with Crippen LogP contribution < -0.4 is 0 Å². The lowest BCUT2D eigenvalue weighted by Crippen LogP contribution is -2.04. The fraction of sp³-hybridized carbons (Fsp3) is 0.150. The molecule has 0 aliphatic heterocycles. The molecule has 5 nitrogen and oxygen atoms in total. The van der Waals surface area contributed by atoms with E-state index in [2.05, 4.69) is 23.1 Å². The fourth-order valence-electron chi connectivity index (χ4n) is 3.01. The number of nitrogens with one attached hydrogen (secondary N) is 1. The van der Waals surface area contributed by atoms with Crippen molar-refractivity contribution in [1.82, 2.24) is 19.6 Å². The van der Waals surface area contributed by atoms with Gasteiger partial charge in [-0.05, 0) is 37.6 Å². The summed E-state index contributed by atoms with van der Waals surface area (Å²) in [5.74, 6) is 0.352. The van der Waals surface area contributed by atoms with Crippen LogP contribution in [0.2, 0.25) is 0 Å². The normalized spacial score (nSPS) is 11.2. The molecule has 0 bridgehead atoms. The summed E-state index contributed by atoms with van der Waals surface area (Å²) in [5, 5.41) is 5.36. The Morgan fingerprint density at radius 3 is 2.69 bits per heavy atom. The number of benzene rings is 1. The molecule has 6 heteroatoms. The molecule has 26 heavy (non-hydrogen) atoms. The number of hydrogen-bond acceptors (Lipinski definition) is 4. The smallest absolute Gasteiger partial charge is 0.190 e. The van der Waals surface area contributed by atoms with E-state index in [1.165, 1.54) is 11.8 Å². The van der Waals surface area contributed by atoms with Gasteiger partial charge in [0.1, 0.15) is 0 Å². The fourth-order valence-corrected chi connectivity index (χ4v) is 3.84. The molecule has 130 valence electrons. The van der Waals surface area contributed by atoms with Crippen LogP contribution in [0, 0.1) is 13.8 Å². The summed E-state index contributed by atoms with van der Waals surface area (Å²) in [6, 6.07) is 15.7. The zero-order valence-corrected chi connectivity index (χ0v) is 15.4. The Bertz CT molecular complexity index is 1070. The molecule has 0 saturated carbocycles. The summed E-state index contributed by atoms with van der Waals surface area (Å²) >= 11 is 1.41. The Morgan fingerprint density at radius 1 is 1.15 bits per heavy atom. The molecule has 1 aromatic carbocycles. The standard InChI is InChI=1S/C20H18N4OS/c1-13-11-14(2)23-24-19(13)18(15-7-4-3-5-8-15)22-20(24)26-12-17(25)16-9-6-10-21-16/h3-11,21H,12H2,1-2H3. The monoisotopic (exact) mass is 362 g/mol. The van der Waals surface area contributed by atoms with Crippen molar-refractivity contribution in [3.63, 3.8) is 0 Å². The highest BCUT2D eigenvalue weighted by atomic mass is 32.2. The molecule has 0 amide bonds. The number of ketones is 1. The second kappa shape index (κ2) is 6.80. The molecular weight excluding hydrogens is 344 g/mol. The summed E-state index contributed by atoms with van der Waals surface area (Å²) in [7, 11) is 0. The van der Waals surface area contributed by atoms with Crippen molar-refractivity contribution in [1.29, 1.82) is 0 Å². The van der Waals surface area contributed by atoms with E-state index in [4.69, 9.17) is 4.98 Å². The molecule has 4 rings (SSSR count). The lowest BCUT2D eigenvalue weighted by atomic mass is 10.1. The topological polar surface area (TPSA) is 63.0 Å². The van der Waals surface area contributed by atoms with Crippen LogP contribution in [0.1, 0.15) is 21.7 Å². The van der Waals surface area contributed by atoms with Gasteiger partial charge in [-0.1, -0.05) is 42.1 Å². The number of rotatable bonds is 5. The number of thioether (sulfide) groups is 1. The number of aromatic amines is 1. The van der Waals surface area contributed by atoms with Gasteiger partial charge in [-0.3, -0.25) is 4.79 Å². The molecular formula is C20H18N4OS. The first-order chi connectivity index (χ1) is 12.6. The first kappa shape index (κ1) is 16.6. The van der Waals surface area contributed by atoms with E-state index in [-0.39, 0.29) is 5.78 Å². The third-order valence-corrected chi connectivity index (χ3v) is 5.09. The van der Waals surface area contributed by atoms with Crippen molar-refractivity contribution >= 4 is 23.1 Å². The maximum absolute atomic E-state index is 12.3. The molecule has 0 aliphatic rings. The van der Waals surface area contributed by atoms with Crippen LogP contribution >= 0.6 is 11.8 Å². The minimum absolute atomic E-state index is 0.0439. The van der Waals surface area contributed by atoms with Gasteiger partial charge in [0.25, 0.3) is 0 Å². The average Bonchev–Trinajstić information content (AvgIpc) is 3.29. The van der Waals surface area contributed by atoms with Crippen LogP contribution in [0.25, 0.3) is 16.8 Å². The molecule has 3 heterocycles. The minimum Gasteiger partial charge on any atom is -0.359 e. The first-order valence-electron chi connectivity index (χ1n) is 8.35. The number of H-pyrrole nitrogens is 1. The van der Waals surface area contributed by atoms with Crippen molar-refractivity contribution in [2.45, 2.75) is 19.0 Å². The number of carbonyl (C=O) groups is 1. The summed E-state index contributed by atoms with van der Waals surface area (Å²) in [4.78, 5) is 20.1. The molecule has 0 spiro atoms. The molecule has 0 atom stereocenters. The lowest BCUT2D eigenvalue weighted by Gasteiger charge is -2.04. The maximum Gasteiger partial charge on any atom is 0.190 e. The Morgan fingerprint density at radius 2 is 1.96 bits per heavy atom. The van der Waals surface area contributed by atoms with E-state index in [0.29, 0.717) is 11.4 Å². The van der Waals surface area contributed by atoms with E-state index in [0.717, 1.165) is 33.2 Å². The molecule has 0 fully saturated rings. The van der Waals surface area contributed by atoms with Crippen LogP contribution in [0.3, 0.4) is 0 Å². The van der Waals surface area contributed by atoms with Gasteiger partial charge in [0.2, 0.25) is 0 Å². The summed E-state index contributed by atoms with van der Waals surface area (Å²) in [6.07, 6.45) is 1.75. The van der Waals surface area contributed by atoms with Gasteiger partial charge in [0.15, 0.2) is 10.9 Å². The third-order valence-electron chi connectivity index (χ3n) is 4.16. The molecule has 0 saturated heterocycles. The molecule has 0 radical (unpaired) electrons. The molecule has 3 aromatic heterocycles. The van der Waals surface area contributed by atoms with E-state index in [9.17, 15) is 4.79 Å². The zero-order valence-electron chi connectivity index (χ0n) is 14.6. The predicted octanol–water partition coefficient (Wildman–Crippen LogP) is 4.32. The van der Waals surface area contributed by atoms with E-state index >= 15 is 0 Å². The third kappa shape index (κ3) is 3.04. The van der Waals surface area contributed by atoms with Gasteiger partial charge in [-0.2, -0.15) is 5.10 Å². The number of aryl methyl sites for hydroxylation is 2. The maximum atomic E-state index is 12.3. The second-order valence-corrected chi connectivity index (χ2v) is 7.08. The zero-order chi connectivity index (χ0) is 18.1. The Labute approximate surface area is 155 Å². The van der Waals surface area contributed by atoms with Crippen molar-refractivity contribution < 1.29 is 4.79 Å². The van der Waals surface area contributed by atoms with E-state index < -0.39 is 0 Å². The predicted molar refractivity (Wildman–Crippen MR) is 104 cm³/mol. The van der Waals surface area contributed by atoms with Gasteiger partial charge in [0, 0.05) is 11.8 Å². The van der Waals surface area contributed by atoms with E-state index in [1.54, 1.807) is 12.3 Å². The van der Waals surface area contributed by atoms with Crippen molar-refractivity contribution in [2.24, 2.45) is 0 Å². The Hall–Kier alpha value is -2.86. The van der Waals surface area contributed by atoms with Crippen molar-refractivity contribution in [3.8, 4) is 11.3 Å². The van der Waals surface area contributed by atoms with Gasteiger partial charge in [0.05, 0.1) is 28.4 Å². The van der Waals surface area contributed by atoms with E-state index in [1.807, 2.05) is 47.8 Å². The van der Waals surface area contributed by atoms with Crippen LogP contribution in [-0.2, 0) is 0 Å². The molecule has 1 N–H and O–H groups in total. The number of nitrogens with zero attached hydrogens (tertiary/aromatic N) is 3. The van der Waals surface area contributed by atoms with Crippen LogP contribution in [0.4, 0.5) is 0 Å². The van der Waals surface area contributed by atoms with Crippen LogP contribution in [0.5, 0.6) is 0 Å². The highest BCUT2D eigenvalue weighted by molar-refractivity contribution is 7.99. The Balaban J connectivity index is 1.76. The molecule has 0 aliphatic carbocycles. The first-order valence-corrected chi connectivity index (χ1v) is 9.34. The lowest BCUT2D eigenvalue weighted by molar-refractivity contribution is 0.101. The van der Waals surface area contributed by atoms with Gasteiger partial charge < -0.3 is 4.98 Å². The number of imidazole rings is 1. The van der Waals surface area contributed by atoms with Crippen molar-refractivity contribution in [2.75, 3.05) is 5.75 Å². The second-order valence-electron chi connectivity index (χ2n) is 6.13. The largest absolute Gasteiger partial charge is 0.359 e. The quantitative estimate of drug-likeness (QED) is 0.424. The minimum atomic E-state index is 0.0439. The van der Waals surface area contributed by atoms with Gasteiger partial charge >= 0.3 is 0 Å². The summed E-state index contributed by atoms with van der Waals surface area (Å²) in [5.41, 5.74) is 5.57. The number of hydrogen-bond donors (Lipinski definition) is 1. The van der Waals surface area contributed by atoms with Crippen LogP contribution in [-0.4, -0.2) is 31.1 Å². The van der Waals surface area contributed by atoms with Gasteiger partial charge in [-0.15, -0.1) is 0 Å². The average molecular weight is 362 g/mol. The summed E-state index contributed by atoms with van der Waals surface area (Å²) < 4.78 is 1.86. The highest BCUT2D eigenvalue weighted by Crippen LogP contribution is 2.31. The number of Topliss-reactive ketones (excluding diaryl/α,β-unsaturated/α-hetero) is 1. The number of carbonyl (C=O) groups excluding carboxylic acids is 1. The SMILES string of the molecule is Cc1cc(C)c2c(-c3ccccc3)nc(SCC(=O)c3ccc[nH]3)n2n1. The van der Waals surface area contributed by atoms with Crippen LogP contribution in [0.15, 0.2) is 59.9 Å². The van der Waals surface area contributed by atoms with Crippen molar-refractivity contribution in [3.05, 3.63) is 71.7 Å². The number of fused-ring (bicyclic) bond motifs is 1. The highest BCUT2D eigenvalue weighted by Gasteiger charge is 2.18. The number of aromatic nitrogens is 4. The molecule has 0 unspecified atom stereocenters. The molecule has 4 aromatic rings. The van der Waals surface area contributed by atoms with Gasteiger partial charge in [-0.25, -0.2) is 9.50 Å².